The van der Waals surface area contributed by atoms with Crippen molar-refractivity contribution >= 4 is 17.3 Å². The Morgan fingerprint density at radius 2 is 1.78 bits per heavy atom. The topological polar surface area (TPSA) is 63.2 Å². The number of anilines is 2. The highest BCUT2D eigenvalue weighted by Crippen LogP contribution is 2.24. The van der Waals surface area contributed by atoms with E-state index >= 15 is 0 Å². The monoisotopic (exact) mass is 361 g/mol. The summed E-state index contributed by atoms with van der Waals surface area (Å²) in [5.74, 6) is 0.569. The number of amides is 1. The molecule has 3 aromatic rings. The van der Waals surface area contributed by atoms with Gasteiger partial charge in [0.25, 0.3) is 5.91 Å². The molecule has 27 heavy (non-hydrogen) atoms. The largest absolute Gasteiger partial charge is 0.496 e. The van der Waals surface area contributed by atoms with Crippen molar-refractivity contribution in [1.29, 1.82) is 0 Å². The lowest BCUT2D eigenvalue weighted by Gasteiger charge is -2.13. The predicted octanol–water partition coefficient (Wildman–Crippen LogP) is 4.38. The quantitative estimate of drug-likeness (QED) is 0.684. The zero-order chi connectivity index (χ0) is 19.2. The third-order valence-corrected chi connectivity index (χ3v) is 4.38. The maximum atomic E-state index is 12.5. The molecule has 1 heterocycles. The van der Waals surface area contributed by atoms with E-state index in [2.05, 4.69) is 15.6 Å². The van der Waals surface area contributed by atoms with Crippen molar-refractivity contribution in [2.75, 3.05) is 12.4 Å². The summed E-state index contributed by atoms with van der Waals surface area (Å²) < 4.78 is 5.32. The Kier molecular flexibility index (Phi) is 5.71. The number of carbonyl (C=O) groups is 1. The highest BCUT2D eigenvalue weighted by Gasteiger charge is 2.10. The van der Waals surface area contributed by atoms with E-state index in [0.29, 0.717) is 12.1 Å². The summed E-state index contributed by atoms with van der Waals surface area (Å²) in [5.41, 5.74) is 5.51. The van der Waals surface area contributed by atoms with Crippen LogP contribution < -0.4 is 15.4 Å². The van der Waals surface area contributed by atoms with Gasteiger partial charge >= 0.3 is 0 Å². The minimum Gasteiger partial charge on any atom is -0.496 e. The molecule has 3 rings (SSSR count). The highest BCUT2D eigenvalue weighted by molar-refractivity contribution is 5.94. The van der Waals surface area contributed by atoms with Gasteiger partial charge in [0.15, 0.2) is 0 Å². The van der Waals surface area contributed by atoms with Crippen LogP contribution in [0.15, 0.2) is 60.9 Å². The van der Waals surface area contributed by atoms with Gasteiger partial charge in [0.05, 0.1) is 24.6 Å². The zero-order valence-electron chi connectivity index (χ0n) is 15.7. The van der Waals surface area contributed by atoms with Crippen molar-refractivity contribution in [2.45, 2.75) is 20.4 Å². The first kappa shape index (κ1) is 18.5. The van der Waals surface area contributed by atoms with Crippen LogP contribution in [-0.4, -0.2) is 18.0 Å². The van der Waals surface area contributed by atoms with E-state index in [1.165, 1.54) is 0 Å². The van der Waals surface area contributed by atoms with Crippen LogP contribution in [0, 0.1) is 13.8 Å². The van der Waals surface area contributed by atoms with Crippen molar-refractivity contribution in [3.8, 4) is 5.75 Å². The van der Waals surface area contributed by atoms with Gasteiger partial charge in [-0.15, -0.1) is 0 Å². The molecule has 0 aliphatic heterocycles. The van der Waals surface area contributed by atoms with Crippen LogP contribution in [0.2, 0.25) is 0 Å². The lowest BCUT2D eigenvalue weighted by atomic mass is 10.1. The molecule has 138 valence electrons. The zero-order valence-corrected chi connectivity index (χ0v) is 15.7. The van der Waals surface area contributed by atoms with Crippen LogP contribution in [0.1, 0.15) is 27.0 Å². The Labute approximate surface area is 159 Å². The fraction of sp³-hybridized carbons (Fsp3) is 0.182. The van der Waals surface area contributed by atoms with E-state index in [1.54, 1.807) is 25.6 Å². The molecule has 0 aliphatic carbocycles. The molecule has 0 spiro atoms. The Balaban J connectivity index is 1.72. The molecule has 1 amide bonds. The number of carbonyl (C=O) groups excluding carboxylic acids is 1. The minimum absolute atomic E-state index is 0.182. The fourth-order valence-electron chi connectivity index (χ4n) is 2.92. The molecule has 0 unspecified atom stereocenters. The number of para-hydroxylation sites is 2. The molecule has 0 atom stereocenters. The van der Waals surface area contributed by atoms with Crippen molar-refractivity contribution in [3.63, 3.8) is 0 Å². The summed E-state index contributed by atoms with van der Waals surface area (Å²) in [4.78, 5) is 16.7. The molecule has 0 fully saturated rings. The summed E-state index contributed by atoms with van der Waals surface area (Å²) in [7, 11) is 1.62. The van der Waals surface area contributed by atoms with E-state index in [4.69, 9.17) is 4.74 Å². The number of nitrogens with one attached hydrogen (secondary N) is 2. The number of aryl methyl sites for hydroxylation is 2. The number of rotatable bonds is 6. The van der Waals surface area contributed by atoms with E-state index in [0.717, 1.165) is 33.8 Å². The number of ether oxygens (including phenoxy) is 1. The van der Waals surface area contributed by atoms with Gasteiger partial charge in [-0.05, 0) is 37.1 Å². The summed E-state index contributed by atoms with van der Waals surface area (Å²) >= 11 is 0. The first-order valence-electron chi connectivity index (χ1n) is 8.77. The molecule has 0 saturated carbocycles. The third-order valence-electron chi connectivity index (χ3n) is 4.38. The predicted molar refractivity (Wildman–Crippen MR) is 108 cm³/mol. The Hall–Kier alpha value is -3.34. The third kappa shape index (κ3) is 4.44. The van der Waals surface area contributed by atoms with Crippen molar-refractivity contribution in [2.24, 2.45) is 0 Å². The molecule has 5 nitrogen and oxygen atoms in total. The van der Waals surface area contributed by atoms with Gasteiger partial charge in [0.1, 0.15) is 5.75 Å². The van der Waals surface area contributed by atoms with Gasteiger partial charge in [-0.2, -0.15) is 0 Å². The Morgan fingerprint density at radius 1 is 1.04 bits per heavy atom. The van der Waals surface area contributed by atoms with Crippen molar-refractivity contribution in [3.05, 3.63) is 83.2 Å². The number of aromatic nitrogens is 1. The lowest BCUT2D eigenvalue weighted by Crippen LogP contribution is -2.23. The van der Waals surface area contributed by atoms with Crippen LogP contribution in [-0.2, 0) is 6.54 Å². The summed E-state index contributed by atoms with van der Waals surface area (Å²) in [6.45, 7) is 4.48. The van der Waals surface area contributed by atoms with Crippen molar-refractivity contribution in [1.82, 2.24) is 10.3 Å². The van der Waals surface area contributed by atoms with E-state index in [1.807, 2.05) is 56.3 Å². The lowest BCUT2D eigenvalue weighted by molar-refractivity contribution is 0.0950. The fourth-order valence-corrected chi connectivity index (χ4v) is 2.92. The van der Waals surface area contributed by atoms with E-state index < -0.39 is 0 Å². The van der Waals surface area contributed by atoms with Crippen LogP contribution in [0.3, 0.4) is 0 Å². The number of methoxy groups -OCH3 is 1. The molecule has 2 N–H and O–H groups in total. The molecule has 0 bridgehead atoms. The molecule has 0 saturated heterocycles. The summed E-state index contributed by atoms with van der Waals surface area (Å²) in [6.07, 6.45) is 3.27. The van der Waals surface area contributed by atoms with Crippen molar-refractivity contribution < 1.29 is 9.53 Å². The van der Waals surface area contributed by atoms with E-state index in [9.17, 15) is 4.79 Å². The second-order valence-electron chi connectivity index (χ2n) is 6.35. The maximum Gasteiger partial charge on any atom is 0.253 e. The molecule has 1 aromatic heterocycles. The normalized spacial score (nSPS) is 10.3. The average Bonchev–Trinajstić information content (AvgIpc) is 2.69. The SMILES string of the molecule is COc1ccccc1CNC(=O)c1cncc(Nc2c(C)cccc2C)c1. The van der Waals surface area contributed by atoms with Gasteiger partial charge in [-0.1, -0.05) is 36.4 Å². The molecule has 0 aliphatic rings. The standard InChI is InChI=1S/C22H23N3O2/c1-15-7-6-8-16(2)21(15)25-19-11-18(12-23-14-19)22(26)24-13-17-9-4-5-10-20(17)27-3/h4-12,14,25H,13H2,1-3H3,(H,24,26). The van der Waals surface area contributed by atoms with Gasteiger partial charge in [-0.25, -0.2) is 0 Å². The molecular formula is C22H23N3O2. The number of nitrogens with zero attached hydrogens (tertiary/aromatic N) is 1. The van der Waals surface area contributed by atoms with Gasteiger partial charge < -0.3 is 15.4 Å². The first-order valence-corrected chi connectivity index (χ1v) is 8.77. The molecular weight excluding hydrogens is 338 g/mol. The summed E-state index contributed by atoms with van der Waals surface area (Å²) in [6, 6.07) is 15.5. The van der Waals surface area contributed by atoms with Crippen LogP contribution in [0.4, 0.5) is 11.4 Å². The molecule has 5 heteroatoms. The van der Waals surface area contributed by atoms with Crippen LogP contribution in [0.5, 0.6) is 5.75 Å². The number of pyridine rings is 1. The Bertz CT molecular complexity index is 934. The maximum absolute atomic E-state index is 12.5. The molecule has 0 radical (unpaired) electrons. The Morgan fingerprint density at radius 3 is 2.52 bits per heavy atom. The highest BCUT2D eigenvalue weighted by atomic mass is 16.5. The number of hydrogen-bond acceptors (Lipinski definition) is 4. The average molecular weight is 361 g/mol. The summed E-state index contributed by atoms with van der Waals surface area (Å²) in [5, 5.41) is 6.28. The van der Waals surface area contributed by atoms with Crippen LogP contribution in [0.25, 0.3) is 0 Å². The van der Waals surface area contributed by atoms with E-state index in [-0.39, 0.29) is 5.91 Å². The van der Waals surface area contributed by atoms with Gasteiger partial charge in [0.2, 0.25) is 0 Å². The van der Waals surface area contributed by atoms with Gasteiger partial charge in [0, 0.05) is 24.0 Å². The minimum atomic E-state index is -0.182. The number of hydrogen-bond donors (Lipinski definition) is 2. The second kappa shape index (κ2) is 8.36. The first-order chi connectivity index (χ1) is 13.1. The smallest absolute Gasteiger partial charge is 0.253 e. The van der Waals surface area contributed by atoms with Crippen LogP contribution >= 0.6 is 0 Å². The second-order valence-corrected chi connectivity index (χ2v) is 6.35. The number of benzene rings is 2. The molecule has 2 aromatic carbocycles. The van der Waals surface area contributed by atoms with Gasteiger partial charge in [-0.3, -0.25) is 9.78 Å².